The summed E-state index contributed by atoms with van der Waals surface area (Å²) in [5, 5.41) is 3.30. The Labute approximate surface area is 140 Å². The van der Waals surface area contributed by atoms with E-state index in [0.29, 0.717) is 27.2 Å². The summed E-state index contributed by atoms with van der Waals surface area (Å²) in [6.45, 7) is 0. The van der Waals surface area contributed by atoms with Gasteiger partial charge in [0.25, 0.3) is 5.91 Å². The second kappa shape index (κ2) is 6.56. The molecule has 21 heavy (non-hydrogen) atoms. The molecule has 0 saturated carbocycles. The molecule has 0 aliphatic rings. The van der Waals surface area contributed by atoms with Crippen LogP contribution in [0.1, 0.15) is 10.4 Å². The maximum absolute atomic E-state index is 12.3. The Hall–Kier alpha value is -1.43. The van der Waals surface area contributed by atoms with Gasteiger partial charge in [-0.1, -0.05) is 39.1 Å². The fourth-order valence-corrected chi connectivity index (χ4v) is 3.00. The zero-order valence-electron chi connectivity index (χ0n) is 10.9. The summed E-state index contributed by atoms with van der Waals surface area (Å²) >= 11 is 15.4. The molecule has 0 spiro atoms. The Balaban J connectivity index is 2.35. The number of anilines is 2. The second-order valence-electron chi connectivity index (χ2n) is 4.15. The predicted molar refractivity (Wildman–Crippen MR) is 89.5 cm³/mol. The third-order valence-corrected chi connectivity index (χ3v) is 3.80. The van der Waals surface area contributed by atoms with Crippen LogP contribution in [0.15, 0.2) is 34.8 Å². The van der Waals surface area contributed by atoms with Gasteiger partial charge < -0.3 is 15.8 Å². The Kier molecular flexibility index (Phi) is 4.98. The van der Waals surface area contributed by atoms with Gasteiger partial charge in [0.2, 0.25) is 0 Å². The summed E-state index contributed by atoms with van der Waals surface area (Å²) in [5.74, 6) is 0.111. The lowest BCUT2D eigenvalue weighted by Gasteiger charge is -2.12. The molecular weight excluding hydrogens is 379 g/mol. The third kappa shape index (κ3) is 3.61. The molecule has 0 aliphatic heterocycles. The Morgan fingerprint density at radius 3 is 2.43 bits per heavy atom. The van der Waals surface area contributed by atoms with Crippen molar-refractivity contribution in [3.05, 3.63) is 50.4 Å². The number of hydrogen-bond acceptors (Lipinski definition) is 3. The van der Waals surface area contributed by atoms with Crippen molar-refractivity contribution in [2.45, 2.75) is 0 Å². The molecule has 0 heterocycles. The van der Waals surface area contributed by atoms with Gasteiger partial charge in [-0.3, -0.25) is 4.79 Å². The molecule has 0 saturated heterocycles. The minimum absolute atomic E-state index is 0.282. The van der Waals surface area contributed by atoms with Crippen molar-refractivity contribution in [2.24, 2.45) is 0 Å². The number of hydrogen-bond donors (Lipinski definition) is 2. The normalized spacial score (nSPS) is 10.3. The molecule has 110 valence electrons. The summed E-state index contributed by atoms with van der Waals surface area (Å²) in [6.07, 6.45) is 0. The molecule has 2 rings (SSSR count). The topological polar surface area (TPSA) is 64.3 Å². The number of nitrogens with two attached hydrogens (primary N) is 1. The molecule has 2 aromatic carbocycles. The lowest BCUT2D eigenvalue weighted by molar-refractivity contribution is 0.102. The average molecular weight is 390 g/mol. The van der Waals surface area contributed by atoms with Gasteiger partial charge in [0, 0.05) is 10.2 Å². The first kappa shape index (κ1) is 15.9. The summed E-state index contributed by atoms with van der Waals surface area (Å²) in [7, 11) is 1.51. The van der Waals surface area contributed by atoms with E-state index in [0.717, 1.165) is 4.47 Å². The van der Waals surface area contributed by atoms with Gasteiger partial charge in [-0.2, -0.15) is 0 Å². The molecule has 7 heteroatoms. The van der Waals surface area contributed by atoms with E-state index in [9.17, 15) is 4.79 Å². The van der Waals surface area contributed by atoms with Crippen LogP contribution in [0.2, 0.25) is 10.0 Å². The Morgan fingerprint density at radius 1 is 1.24 bits per heavy atom. The van der Waals surface area contributed by atoms with E-state index in [-0.39, 0.29) is 5.56 Å². The van der Waals surface area contributed by atoms with Crippen molar-refractivity contribution in [3.63, 3.8) is 0 Å². The highest BCUT2D eigenvalue weighted by molar-refractivity contribution is 9.10. The number of ether oxygens (including phenoxy) is 1. The maximum Gasteiger partial charge on any atom is 0.257 e. The van der Waals surface area contributed by atoms with Crippen LogP contribution in [0.4, 0.5) is 11.4 Å². The summed E-state index contributed by atoms with van der Waals surface area (Å²) in [4.78, 5) is 12.3. The zero-order valence-corrected chi connectivity index (χ0v) is 14.0. The van der Waals surface area contributed by atoms with Gasteiger partial charge in [-0.25, -0.2) is 0 Å². The van der Waals surface area contributed by atoms with Crippen LogP contribution in [0.3, 0.4) is 0 Å². The number of nitrogens with one attached hydrogen (secondary N) is 1. The Morgan fingerprint density at radius 2 is 1.86 bits per heavy atom. The molecule has 4 nitrogen and oxygen atoms in total. The summed E-state index contributed by atoms with van der Waals surface area (Å²) < 4.78 is 5.80. The molecule has 3 N–H and O–H groups in total. The van der Waals surface area contributed by atoms with Crippen LogP contribution in [0.25, 0.3) is 0 Å². The molecule has 0 aromatic heterocycles. The van der Waals surface area contributed by atoms with Crippen molar-refractivity contribution in [3.8, 4) is 5.75 Å². The average Bonchev–Trinajstić information content (AvgIpc) is 2.43. The summed E-state index contributed by atoms with van der Waals surface area (Å²) in [6, 6.07) is 8.09. The van der Waals surface area contributed by atoms with Crippen LogP contribution in [-0.2, 0) is 0 Å². The number of nitrogen functional groups attached to an aromatic ring is 1. The van der Waals surface area contributed by atoms with E-state index in [2.05, 4.69) is 21.2 Å². The molecule has 0 unspecified atom stereocenters. The quantitative estimate of drug-likeness (QED) is 0.754. The molecule has 0 aliphatic carbocycles. The highest BCUT2D eigenvalue weighted by Crippen LogP contribution is 2.34. The molecule has 0 atom stereocenters. The van der Waals surface area contributed by atoms with E-state index >= 15 is 0 Å². The van der Waals surface area contributed by atoms with Crippen LogP contribution < -0.4 is 15.8 Å². The first-order valence-electron chi connectivity index (χ1n) is 5.81. The Bertz CT molecular complexity index is 684. The number of halogens is 3. The van der Waals surface area contributed by atoms with Crippen molar-refractivity contribution >= 4 is 56.4 Å². The van der Waals surface area contributed by atoms with Crippen molar-refractivity contribution in [2.75, 3.05) is 18.2 Å². The van der Waals surface area contributed by atoms with Gasteiger partial charge in [-0.15, -0.1) is 0 Å². The van der Waals surface area contributed by atoms with Gasteiger partial charge in [0.1, 0.15) is 5.75 Å². The van der Waals surface area contributed by atoms with Crippen LogP contribution in [0, 0.1) is 0 Å². The van der Waals surface area contributed by atoms with E-state index in [1.54, 1.807) is 30.3 Å². The van der Waals surface area contributed by atoms with Crippen LogP contribution in [-0.4, -0.2) is 13.0 Å². The van der Waals surface area contributed by atoms with Crippen molar-refractivity contribution in [1.82, 2.24) is 0 Å². The van der Waals surface area contributed by atoms with Crippen LogP contribution >= 0.6 is 39.1 Å². The lowest BCUT2D eigenvalue weighted by atomic mass is 10.1. The van der Waals surface area contributed by atoms with Crippen LogP contribution in [0.5, 0.6) is 5.75 Å². The minimum Gasteiger partial charge on any atom is -0.497 e. The van der Waals surface area contributed by atoms with E-state index in [1.165, 1.54) is 7.11 Å². The zero-order chi connectivity index (χ0) is 15.6. The standard InChI is InChI=1S/C14H11BrCl2N2O2/c1-21-8-2-3-12(18)9(6-8)14(20)19-13-10(16)4-7(15)5-11(13)17/h2-6H,18H2,1H3,(H,19,20). The fourth-order valence-electron chi connectivity index (χ4n) is 1.70. The summed E-state index contributed by atoms with van der Waals surface area (Å²) in [5.41, 5.74) is 6.75. The predicted octanol–water partition coefficient (Wildman–Crippen LogP) is 4.60. The first-order valence-corrected chi connectivity index (χ1v) is 7.36. The molecule has 2 aromatic rings. The largest absolute Gasteiger partial charge is 0.497 e. The monoisotopic (exact) mass is 388 g/mol. The molecule has 0 fully saturated rings. The van der Waals surface area contributed by atoms with Crippen molar-refractivity contribution < 1.29 is 9.53 Å². The maximum atomic E-state index is 12.3. The van der Waals surface area contributed by atoms with Gasteiger partial charge >= 0.3 is 0 Å². The molecular formula is C14H11BrCl2N2O2. The number of amides is 1. The number of carbonyl (C=O) groups excluding carboxylic acids is 1. The van der Waals surface area contributed by atoms with Gasteiger partial charge in [0.05, 0.1) is 28.4 Å². The number of carbonyl (C=O) groups is 1. The fraction of sp³-hybridized carbons (Fsp3) is 0.0714. The molecule has 0 bridgehead atoms. The molecule has 0 radical (unpaired) electrons. The number of methoxy groups -OCH3 is 1. The van der Waals surface area contributed by atoms with Crippen molar-refractivity contribution in [1.29, 1.82) is 0 Å². The van der Waals surface area contributed by atoms with E-state index in [4.69, 9.17) is 33.7 Å². The second-order valence-corrected chi connectivity index (χ2v) is 5.88. The highest BCUT2D eigenvalue weighted by Gasteiger charge is 2.15. The molecule has 1 amide bonds. The van der Waals surface area contributed by atoms with Gasteiger partial charge in [-0.05, 0) is 30.3 Å². The third-order valence-electron chi connectivity index (χ3n) is 2.75. The first-order chi connectivity index (χ1) is 9.92. The highest BCUT2D eigenvalue weighted by atomic mass is 79.9. The number of rotatable bonds is 3. The smallest absolute Gasteiger partial charge is 0.257 e. The SMILES string of the molecule is COc1ccc(N)c(C(=O)Nc2c(Cl)cc(Br)cc2Cl)c1. The minimum atomic E-state index is -0.419. The van der Waals surface area contributed by atoms with E-state index < -0.39 is 5.91 Å². The van der Waals surface area contributed by atoms with Gasteiger partial charge in [0.15, 0.2) is 0 Å². The van der Waals surface area contributed by atoms with E-state index in [1.807, 2.05) is 0 Å². The lowest BCUT2D eigenvalue weighted by Crippen LogP contribution is -2.14. The number of benzene rings is 2.